The Morgan fingerprint density at radius 3 is 1.93 bits per heavy atom. The van der Waals surface area contributed by atoms with Crippen LogP contribution in [0.1, 0.15) is 44.9 Å². The predicted octanol–water partition coefficient (Wildman–Crippen LogP) is 0.597. The molecule has 0 radical (unpaired) electrons. The van der Waals surface area contributed by atoms with Crippen molar-refractivity contribution in [1.29, 1.82) is 0 Å². The maximum Gasteiger partial charge on any atom is 0.409 e. The smallest absolute Gasteiger partial charge is 0.409 e. The number of rotatable bonds is 22. The minimum absolute atomic E-state index is 0.496. The van der Waals surface area contributed by atoms with Gasteiger partial charge in [0.25, 0.3) is 0 Å². The van der Waals surface area contributed by atoms with Crippen molar-refractivity contribution in [3.63, 3.8) is 0 Å². The van der Waals surface area contributed by atoms with Crippen LogP contribution in [0.4, 0.5) is 9.59 Å². The molecule has 30 heavy (non-hydrogen) atoms. The van der Waals surface area contributed by atoms with Gasteiger partial charge >= 0.3 is 12.2 Å². The SMILES string of the molecule is O=C(O)NC=NCCCCCCNCCNCNCCCCNCCCNC(=O)O. The van der Waals surface area contributed by atoms with E-state index in [0.717, 1.165) is 90.9 Å². The number of nitrogens with zero attached hydrogens (tertiary/aromatic N) is 1. The molecule has 0 aromatic rings. The minimum atomic E-state index is -1.08. The van der Waals surface area contributed by atoms with Crippen LogP contribution in [0, 0.1) is 0 Å². The highest BCUT2D eigenvalue weighted by molar-refractivity contribution is 5.80. The van der Waals surface area contributed by atoms with E-state index in [9.17, 15) is 9.59 Å². The van der Waals surface area contributed by atoms with E-state index < -0.39 is 12.2 Å². The van der Waals surface area contributed by atoms with Gasteiger partial charge < -0.3 is 36.8 Å². The summed E-state index contributed by atoms with van der Waals surface area (Å²) in [6, 6.07) is 0. The van der Waals surface area contributed by atoms with E-state index in [1.54, 1.807) is 0 Å². The number of nitrogens with one attached hydrogen (secondary N) is 6. The average Bonchev–Trinajstić information content (AvgIpc) is 2.70. The topological polar surface area (TPSA) is 159 Å². The molecule has 11 nitrogen and oxygen atoms in total. The largest absolute Gasteiger partial charge is 0.465 e. The van der Waals surface area contributed by atoms with Crippen molar-refractivity contribution in [1.82, 2.24) is 31.9 Å². The van der Waals surface area contributed by atoms with E-state index in [1.165, 1.54) is 6.34 Å². The zero-order valence-electron chi connectivity index (χ0n) is 18.0. The number of hydrogen-bond acceptors (Lipinski definition) is 7. The predicted molar refractivity (Wildman–Crippen MR) is 119 cm³/mol. The number of aliphatic imine (C=N–C) groups is 1. The first-order valence-corrected chi connectivity index (χ1v) is 10.9. The molecule has 11 heteroatoms. The van der Waals surface area contributed by atoms with Crippen LogP contribution in [0.5, 0.6) is 0 Å². The summed E-state index contributed by atoms with van der Waals surface area (Å²) in [5, 5.41) is 34.7. The Bertz CT molecular complexity index is 439. The summed E-state index contributed by atoms with van der Waals surface area (Å²) in [4.78, 5) is 24.4. The van der Waals surface area contributed by atoms with Crippen molar-refractivity contribution in [3.8, 4) is 0 Å². The standard InChI is InChI=1S/C19H41N7O4/c27-18(28)25-13-7-12-20-9-5-6-11-22-16-24-15-14-21-8-3-1-2-4-10-23-17-26-19(29)30/h17,20-22,24-25H,1-16H2,(H,23,26)(H,27,28)(H,29,30). The zero-order valence-corrected chi connectivity index (χ0v) is 18.0. The van der Waals surface area contributed by atoms with Gasteiger partial charge in [0.15, 0.2) is 0 Å². The van der Waals surface area contributed by atoms with Crippen molar-refractivity contribution in [2.45, 2.75) is 44.9 Å². The zero-order chi connectivity index (χ0) is 22.1. The summed E-state index contributed by atoms with van der Waals surface area (Å²) in [6.45, 7) is 7.65. The van der Waals surface area contributed by atoms with Crippen LogP contribution in [0.15, 0.2) is 4.99 Å². The molecule has 0 aliphatic heterocycles. The molecule has 0 saturated heterocycles. The lowest BCUT2D eigenvalue weighted by Crippen LogP contribution is -2.35. The molecule has 0 fully saturated rings. The quantitative estimate of drug-likeness (QED) is 0.0535. The van der Waals surface area contributed by atoms with Gasteiger partial charge in [0.1, 0.15) is 0 Å². The van der Waals surface area contributed by atoms with Crippen LogP contribution < -0.4 is 31.9 Å². The lowest BCUT2D eigenvalue weighted by atomic mass is 10.2. The second-order valence-corrected chi connectivity index (χ2v) is 6.87. The van der Waals surface area contributed by atoms with Crippen LogP contribution in [0.25, 0.3) is 0 Å². The van der Waals surface area contributed by atoms with Crippen LogP contribution in [-0.2, 0) is 0 Å². The molecule has 0 heterocycles. The Hall–Kier alpha value is -1.95. The Morgan fingerprint density at radius 2 is 1.20 bits per heavy atom. The summed E-state index contributed by atoms with van der Waals surface area (Å²) in [5.74, 6) is 0. The van der Waals surface area contributed by atoms with Gasteiger partial charge in [0.2, 0.25) is 0 Å². The molecule has 0 aromatic carbocycles. The Morgan fingerprint density at radius 1 is 0.633 bits per heavy atom. The molecule has 0 atom stereocenters. The highest BCUT2D eigenvalue weighted by Crippen LogP contribution is 1.98. The van der Waals surface area contributed by atoms with Gasteiger partial charge in [-0.15, -0.1) is 0 Å². The van der Waals surface area contributed by atoms with Gasteiger partial charge in [-0.05, 0) is 58.3 Å². The Kier molecular flexibility index (Phi) is 21.8. The lowest BCUT2D eigenvalue weighted by Gasteiger charge is -2.08. The molecule has 0 bridgehead atoms. The highest BCUT2D eigenvalue weighted by atomic mass is 16.4. The van der Waals surface area contributed by atoms with Gasteiger partial charge in [-0.2, -0.15) is 0 Å². The van der Waals surface area contributed by atoms with Gasteiger partial charge in [-0.1, -0.05) is 12.8 Å². The molecular formula is C19H41N7O4. The van der Waals surface area contributed by atoms with E-state index in [1.807, 2.05) is 0 Å². The molecule has 176 valence electrons. The Balaban J connectivity index is 3.06. The van der Waals surface area contributed by atoms with E-state index in [0.29, 0.717) is 13.1 Å². The minimum Gasteiger partial charge on any atom is -0.465 e. The van der Waals surface area contributed by atoms with Gasteiger partial charge in [0, 0.05) is 32.8 Å². The molecule has 0 aromatic heterocycles. The van der Waals surface area contributed by atoms with Crippen molar-refractivity contribution in [3.05, 3.63) is 0 Å². The molecular weight excluding hydrogens is 390 g/mol. The molecule has 0 saturated carbocycles. The van der Waals surface area contributed by atoms with Crippen LogP contribution in [0.2, 0.25) is 0 Å². The fourth-order valence-electron chi connectivity index (χ4n) is 2.57. The summed E-state index contributed by atoms with van der Waals surface area (Å²) in [6.07, 6.45) is 6.58. The third kappa shape index (κ3) is 26.1. The third-order valence-corrected chi connectivity index (χ3v) is 4.16. The number of hydrogen-bond donors (Lipinski definition) is 8. The summed E-state index contributed by atoms with van der Waals surface area (Å²) in [5.41, 5.74) is 0. The summed E-state index contributed by atoms with van der Waals surface area (Å²) in [7, 11) is 0. The normalized spacial score (nSPS) is 11.1. The van der Waals surface area contributed by atoms with Gasteiger partial charge in [-0.25, -0.2) is 9.59 Å². The average molecular weight is 432 g/mol. The number of carboxylic acid groups (broad SMARTS) is 2. The van der Waals surface area contributed by atoms with Crippen LogP contribution in [-0.4, -0.2) is 87.8 Å². The number of amides is 2. The molecule has 0 spiro atoms. The third-order valence-electron chi connectivity index (χ3n) is 4.16. The van der Waals surface area contributed by atoms with E-state index in [2.05, 4.69) is 36.9 Å². The summed E-state index contributed by atoms with van der Waals surface area (Å²) < 4.78 is 0. The summed E-state index contributed by atoms with van der Waals surface area (Å²) >= 11 is 0. The van der Waals surface area contributed by atoms with Crippen molar-refractivity contribution < 1.29 is 19.8 Å². The first kappa shape index (κ1) is 28.1. The van der Waals surface area contributed by atoms with Gasteiger partial charge in [-0.3, -0.25) is 10.3 Å². The van der Waals surface area contributed by atoms with Crippen LogP contribution >= 0.6 is 0 Å². The van der Waals surface area contributed by atoms with E-state index >= 15 is 0 Å². The monoisotopic (exact) mass is 431 g/mol. The van der Waals surface area contributed by atoms with Crippen LogP contribution in [0.3, 0.4) is 0 Å². The molecule has 0 aliphatic rings. The maximum absolute atomic E-state index is 10.3. The maximum atomic E-state index is 10.3. The second kappa shape index (κ2) is 23.3. The Labute approximate surface area is 179 Å². The molecule has 0 rings (SSSR count). The van der Waals surface area contributed by atoms with E-state index in [4.69, 9.17) is 10.2 Å². The first-order valence-electron chi connectivity index (χ1n) is 10.9. The van der Waals surface area contributed by atoms with E-state index in [-0.39, 0.29) is 0 Å². The highest BCUT2D eigenvalue weighted by Gasteiger charge is 1.94. The molecule has 0 unspecified atom stereocenters. The first-order chi connectivity index (χ1) is 14.6. The fourth-order valence-corrected chi connectivity index (χ4v) is 2.57. The fraction of sp³-hybridized carbons (Fsp3) is 0.842. The second-order valence-electron chi connectivity index (χ2n) is 6.87. The van der Waals surface area contributed by atoms with Crippen molar-refractivity contribution >= 4 is 18.5 Å². The van der Waals surface area contributed by atoms with Gasteiger partial charge in [0.05, 0.1) is 6.34 Å². The molecule has 8 N–H and O–H groups in total. The lowest BCUT2D eigenvalue weighted by molar-refractivity contribution is 0.194. The van der Waals surface area contributed by atoms with Crippen molar-refractivity contribution in [2.75, 3.05) is 59.0 Å². The molecule has 2 amide bonds. The molecule has 0 aliphatic carbocycles. The number of unbranched alkanes of at least 4 members (excludes halogenated alkanes) is 4. The van der Waals surface area contributed by atoms with Crippen molar-refractivity contribution in [2.24, 2.45) is 4.99 Å². The number of carbonyl (C=O) groups is 2.